The van der Waals surface area contributed by atoms with E-state index in [9.17, 15) is 22.8 Å². The average molecular weight is 344 g/mol. The molecule has 0 aliphatic heterocycles. The van der Waals surface area contributed by atoms with Gasteiger partial charge in [-0.05, 0) is 12.1 Å². The minimum atomic E-state index is -4.74. The summed E-state index contributed by atoms with van der Waals surface area (Å²) in [6, 6.07) is 6.25. The molecule has 2 aromatic rings. The standard InChI is InChI=1S/C14H11F3N2O3S/c1-19-12(9(7-20)11(18-19)14(15,16)17)23-10-6-4-3-5-8(10)13(21)22-2/h3-7H,1-2H3. The van der Waals surface area contributed by atoms with Gasteiger partial charge in [0.15, 0.2) is 12.0 Å². The van der Waals surface area contributed by atoms with E-state index in [1.807, 2.05) is 0 Å². The SMILES string of the molecule is COC(=O)c1ccccc1Sc1c(C=O)c(C(F)(F)F)nn1C. The Kier molecular flexibility index (Phi) is 4.79. The number of nitrogens with zero attached hydrogens (tertiary/aromatic N) is 2. The first-order valence-electron chi connectivity index (χ1n) is 6.24. The van der Waals surface area contributed by atoms with Crippen molar-refractivity contribution in [3.05, 3.63) is 41.1 Å². The van der Waals surface area contributed by atoms with Crippen LogP contribution in [0.15, 0.2) is 34.2 Å². The summed E-state index contributed by atoms with van der Waals surface area (Å²) in [4.78, 5) is 23.2. The molecule has 0 saturated heterocycles. The molecule has 0 unspecified atom stereocenters. The predicted octanol–water partition coefficient (Wildman–Crippen LogP) is 3.19. The normalized spacial score (nSPS) is 11.3. The van der Waals surface area contributed by atoms with Crippen molar-refractivity contribution in [2.45, 2.75) is 16.1 Å². The molecule has 0 N–H and O–H groups in total. The molecule has 0 radical (unpaired) electrons. The highest BCUT2D eigenvalue weighted by atomic mass is 32.2. The topological polar surface area (TPSA) is 61.2 Å². The van der Waals surface area contributed by atoms with Crippen LogP contribution in [0.25, 0.3) is 0 Å². The van der Waals surface area contributed by atoms with Gasteiger partial charge in [-0.2, -0.15) is 18.3 Å². The number of methoxy groups -OCH3 is 1. The second-order valence-electron chi connectivity index (χ2n) is 4.40. The molecular weight excluding hydrogens is 333 g/mol. The molecule has 0 atom stereocenters. The van der Waals surface area contributed by atoms with Crippen molar-refractivity contribution in [2.24, 2.45) is 7.05 Å². The average Bonchev–Trinajstić information content (AvgIpc) is 2.83. The first kappa shape index (κ1) is 17.1. The van der Waals surface area contributed by atoms with Gasteiger partial charge >= 0.3 is 12.1 Å². The Hall–Kier alpha value is -2.29. The van der Waals surface area contributed by atoms with Crippen molar-refractivity contribution in [2.75, 3.05) is 7.11 Å². The van der Waals surface area contributed by atoms with Crippen molar-refractivity contribution in [1.82, 2.24) is 9.78 Å². The number of ether oxygens (including phenoxy) is 1. The van der Waals surface area contributed by atoms with Crippen LogP contribution in [0, 0.1) is 0 Å². The van der Waals surface area contributed by atoms with Crippen LogP contribution in [-0.4, -0.2) is 29.1 Å². The minimum absolute atomic E-state index is 0.0105. The third-order valence-electron chi connectivity index (χ3n) is 2.91. The maximum absolute atomic E-state index is 12.9. The summed E-state index contributed by atoms with van der Waals surface area (Å²) in [6.45, 7) is 0. The highest BCUT2D eigenvalue weighted by Crippen LogP contribution is 2.38. The Morgan fingerprint density at radius 3 is 2.57 bits per heavy atom. The maximum Gasteiger partial charge on any atom is 0.435 e. The lowest BCUT2D eigenvalue weighted by molar-refractivity contribution is -0.141. The molecule has 0 saturated carbocycles. The minimum Gasteiger partial charge on any atom is -0.465 e. The molecule has 2 rings (SSSR count). The molecule has 5 nitrogen and oxygen atoms in total. The molecular formula is C14H11F3N2O3S. The number of aromatic nitrogens is 2. The lowest BCUT2D eigenvalue weighted by atomic mass is 10.2. The Labute approximate surface area is 133 Å². The fourth-order valence-corrected chi connectivity index (χ4v) is 2.94. The smallest absolute Gasteiger partial charge is 0.435 e. The predicted molar refractivity (Wildman–Crippen MR) is 75.5 cm³/mol. The van der Waals surface area contributed by atoms with Crippen LogP contribution in [0.2, 0.25) is 0 Å². The van der Waals surface area contributed by atoms with Crippen LogP contribution in [0.1, 0.15) is 26.4 Å². The van der Waals surface area contributed by atoms with Gasteiger partial charge in [0.2, 0.25) is 0 Å². The van der Waals surface area contributed by atoms with Gasteiger partial charge in [-0.25, -0.2) is 4.79 Å². The van der Waals surface area contributed by atoms with Crippen LogP contribution >= 0.6 is 11.8 Å². The monoisotopic (exact) mass is 344 g/mol. The van der Waals surface area contributed by atoms with Gasteiger partial charge in [0, 0.05) is 11.9 Å². The van der Waals surface area contributed by atoms with Crippen molar-refractivity contribution >= 4 is 24.0 Å². The van der Waals surface area contributed by atoms with E-state index < -0.39 is 23.4 Å². The number of alkyl halides is 3. The van der Waals surface area contributed by atoms with Crippen LogP contribution in [0.4, 0.5) is 13.2 Å². The summed E-state index contributed by atoms with van der Waals surface area (Å²) >= 11 is 0.841. The van der Waals surface area contributed by atoms with E-state index in [-0.39, 0.29) is 16.9 Å². The highest BCUT2D eigenvalue weighted by Gasteiger charge is 2.39. The van der Waals surface area contributed by atoms with E-state index in [1.165, 1.54) is 20.2 Å². The van der Waals surface area contributed by atoms with E-state index in [1.54, 1.807) is 18.2 Å². The summed E-state index contributed by atoms with van der Waals surface area (Å²) < 4.78 is 44.3. The fraction of sp³-hybridized carbons (Fsp3) is 0.214. The third-order valence-corrected chi connectivity index (χ3v) is 4.17. The molecule has 1 aromatic carbocycles. The zero-order chi connectivity index (χ0) is 17.2. The number of carbonyl (C=O) groups is 2. The van der Waals surface area contributed by atoms with Gasteiger partial charge in [0.05, 0.1) is 18.2 Å². The molecule has 0 aliphatic carbocycles. The molecule has 0 fully saturated rings. The van der Waals surface area contributed by atoms with Crippen molar-refractivity contribution in [3.63, 3.8) is 0 Å². The number of hydrogen-bond donors (Lipinski definition) is 0. The summed E-state index contributed by atoms with van der Waals surface area (Å²) in [5.41, 5.74) is -1.63. The number of carbonyl (C=O) groups excluding carboxylic acids is 2. The highest BCUT2D eigenvalue weighted by molar-refractivity contribution is 7.99. The molecule has 1 heterocycles. The molecule has 0 spiro atoms. The van der Waals surface area contributed by atoms with Crippen molar-refractivity contribution in [1.29, 1.82) is 0 Å². The number of aryl methyl sites for hydroxylation is 1. The van der Waals surface area contributed by atoms with Crippen LogP contribution < -0.4 is 0 Å². The zero-order valence-corrected chi connectivity index (χ0v) is 12.9. The first-order chi connectivity index (χ1) is 10.8. The molecule has 23 heavy (non-hydrogen) atoms. The molecule has 122 valence electrons. The number of benzene rings is 1. The Bertz CT molecular complexity index is 756. The summed E-state index contributed by atoms with van der Waals surface area (Å²) in [5, 5.41) is 3.36. The van der Waals surface area contributed by atoms with Gasteiger partial charge in [-0.15, -0.1) is 0 Å². The Morgan fingerprint density at radius 2 is 2.00 bits per heavy atom. The second-order valence-corrected chi connectivity index (χ2v) is 5.43. The fourth-order valence-electron chi connectivity index (χ4n) is 1.90. The number of hydrogen-bond acceptors (Lipinski definition) is 5. The van der Waals surface area contributed by atoms with E-state index in [4.69, 9.17) is 0 Å². The van der Waals surface area contributed by atoms with Crippen LogP contribution in [0.3, 0.4) is 0 Å². The van der Waals surface area contributed by atoms with Crippen molar-refractivity contribution in [3.8, 4) is 0 Å². The van der Waals surface area contributed by atoms with E-state index >= 15 is 0 Å². The molecule has 1 aromatic heterocycles. The summed E-state index contributed by atoms with van der Waals surface area (Å²) in [6.07, 6.45) is -4.63. The van der Waals surface area contributed by atoms with E-state index in [0.717, 1.165) is 16.4 Å². The van der Waals surface area contributed by atoms with Gasteiger partial charge < -0.3 is 4.74 Å². The molecule has 0 bridgehead atoms. The number of rotatable bonds is 4. The Morgan fingerprint density at radius 1 is 1.35 bits per heavy atom. The molecule has 0 aliphatic rings. The summed E-state index contributed by atoms with van der Waals surface area (Å²) in [5.74, 6) is -0.626. The number of halogens is 3. The number of aldehydes is 1. The van der Waals surface area contributed by atoms with Crippen molar-refractivity contribution < 1.29 is 27.5 Å². The van der Waals surface area contributed by atoms with Gasteiger partial charge in [0.25, 0.3) is 0 Å². The van der Waals surface area contributed by atoms with Crippen LogP contribution in [0.5, 0.6) is 0 Å². The largest absolute Gasteiger partial charge is 0.465 e. The van der Waals surface area contributed by atoms with E-state index in [0.29, 0.717) is 4.90 Å². The third kappa shape index (κ3) is 3.39. The summed E-state index contributed by atoms with van der Waals surface area (Å²) in [7, 11) is 2.50. The Balaban J connectivity index is 2.52. The van der Waals surface area contributed by atoms with Gasteiger partial charge in [-0.1, -0.05) is 23.9 Å². The zero-order valence-electron chi connectivity index (χ0n) is 12.0. The maximum atomic E-state index is 12.9. The van der Waals surface area contributed by atoms with Gasteiger partial charge in [-0.3, -0.25) is 9.48 Å². The lowest BCUT2D eigenvalue weighted by Crippen LogP contribution is -2.09. The molecule has 9 heteroatoms. The van der Waals surface area contributed by atoms with Crippen LogP contribution in [-0.2, 0) is 18.0 Å². The van der Waals surface area contributed by atoms with Gasteiger partial charge in [0.1, 0.15) is 5.03 Å². The first-order valence-corrected chi connectivity index (χ1v) is 7.05. The molecule has 0 amide bonds. The number of esters is 1. The second kappa shape index (κ2) is 6.45. The quantitative estimate of drug-likeness (QED) is 0.630. The van der Waals surface area contributed by atoms with E-state index in [2.05, 4.69) is 9.84 Å². The lowest BCUT2D eigenvalue weighted by Gasteiger charge is -2.08.